The van der Waals surface area contributed by atoms with Crippen LogP contribution in [0.1, 0.15) is 28.8 Å². The second-order valence-corrected chi connectivity index (χ2v) is 6.27. The zero-order valence-electron chi connectivity index (χ0n) is 12.1. The second-order valence-electron chi connectivity index (χ2n) is 5.86. The van der Waals surface area contributed by atoms with Gasteiger partial charge in [0.15, 0.2) is 0 Å². The van der Waals surface area contributed by atoms with E-state index in [0.717, 1.165) is 18.4 Å². The molecule has 0 aliphatic heterocycles. The first-order valence-electron chi connectivity index (χ1n) is 7.27. The number of rotatable bonds is 6. The zero-order chi connectivity index (χ0) is 15.6. The maximum absolute atomic E-state index is 12.1. The highest BCUT2D eigenvalue weighted by molar-refractivity contribution is 6.31. The fourth-order valence-electron chi connectivity index (χ4n) is 2.31. The van der Waals surface area contributed by atoms with Crippen molar-refractivity contribution in [2.75, 3.05) is 13.2 Å². The van der Waals surface area contributed by atoms with Gasteiger partial charge in [-0.2, -0.15) is 5.10 Å². The Morgan fingerprint density at radius 2 is 2.18 bits per heavy atom. The Morgan fingerprint density at radius 1 is 1.41 bits per heavy atom. The first-order valence-corrected chi connectivity index (χ1v) is 7.65. The molecule has 1 aliphatic rings. The lowest BCUT2D eigenvalue weighted by Crippen LogP contribution is -2.31. The number of benzene rings is 1. The van der Waals surface area contributed by atoms with Crippen molar-refractivity contribution in [3.63, 3.8) is 0 Å². The van der Waals surface area contributed by atoms with Gasteiger partial charge in [-0.25, -0.2) is 0 Å². The minimum absolute atomic E-state index is 0.0940. The highest BCUT2D eigenvalue weighted by Gasteiger charge is 2.42. The molecule has 0 saturated heterocycles. The largest absolute Gasteiger partial charge is 0.396 e. The van der Waals surface area contributed by atoms with Gasteiger partial charge in [-0.05, 0) is 24.5 Å². The lowest BCUT2D eigenvalue weighted by atomic mass is 10.1. The standard InChI is InChI=1S/C16H18ClN3O2/c17-14-4-2-1-3-12(14)8-20-9-13(7-19-20)15(22)18-10-16(11-21)5-6-16/h1-4,7,9,21H,5-6,8,10-11H2,(H,18,22). The van der Waals surface area contributed by atoms with E-state index in [2.05, 4.69) is 10.4 Å². The molecule has 22 heavy (non-hydrogen) atoms. The van der Waals surface area contributed by atoms with Gasteiger partial charge < -0.3 is 10.4 Å². The molecule has 0 bridgehead atoms. The molecule has 6 heteroatoms. The average Bonchev–Trinajstić information content (AvgIpc) is 3.17. The van der Waals surface area contributed by atoms with E-state index in [1.165, 1.54) is 0 Å². The number of aliphatic hydroxyl groups excluding tert-OH is 1. The van der Waals surface area contributed by atoms with Gasteiger partial charge >= 0.3 is 0 Å². The molecule has 1 aromatic heterocycles. The third-order valence-electron chi connectivity index (χ3n) is 4.10. The van der Waals surface area contributed by atoms with Gasteiger partial charge in [0, 0.05) is 23.2 Å². The summed E-state index contributed by atoms with van der Waals surface area (Å²) in [6.07, 6.45) is 5.19. The quantitative estimate of drug-likeness (QED) is 0.856. The van der Waals surface area contributed by atoms with Gasteiger partial charge in [0.1, 0.15) is 0 Å². The molecule has 2 N–H and O–H groups in total. The van der Waals surface area contributed by atoms with Crippen LogP contribution in [0, 0.1) is 5.41 Å². The van der Waals surface area contributed by atoms with Crippen molar-refractivity contribution in [3.05, 3.63) is 52.8 Å². The van der Waals surface area contributed by atoms with Gasteiger partial charge in [0.2, 0.25) is 0 Å². The molecule has 1 aromatic carbocycles. The Hall–Kier alpha value is -1.85. The minimum atomic E-state index is -0.162. The molecule has 5 nitrogen and oxygen atoms in total. The number of hydrogen-bond acceptors (Lipinski definition) is 3. The van der Waals surface area contributed by atoms with Crippen molar-refractivity contribution in [3.8, 4) is 0 Å². The maximum Gasteiger partial charge on any atom is 0.254 e. The summed E-state index contributed by atoms with van der Waals surface area (Å²) in [5.41, 5.74) is 1.38. The highest BCUT2D eigenvalue weighted by Crippen LogP contribution is 2.44. The molecule has 1 fully saturated rings. The van der Waals surface area contributed by atoms with Crippen LogP contribution >= 0.6 is 11.6 Å². The van der Waals surface area contributed by atoms with Crippen LogP contribution in [0.2, 0.25) is 5.02 Å². The summed E-state index contributed by atoms with van der Waals surface area (Å²) < 4.78 is 1.69. The van der Waals surface area contributed by atoms with E-state index in [4.69, 9.17) is 11.6 Å². The number of nitrogens with one attached hydrogen (secondary N) is 1. The number of hydrogen-bond donors (Lipinski definition) is 2. The lowest BCUT2D eigenvalue weighted by molar-refractivity contribution is 0.0935. The van der Waals surface area contributed by atoms with E-state index in [1.54, 1.807) is 17.1 Å². The summed E-state index contributed by atoms with van der Waals surface area (Å²) in [6, 6.07) is 7.56. The fraction of sp³-hybridized carbons (Fsp3) is 0.375. The second kappa shape index (κ2) is 6.10. The molecular weight excluding hydrogens is 302 g/mol. The van der Waals surface area contributed by atoms with Crippen LogP contribution in [-0.2, 0) is 6.54 Å². The topological polar surface area (TPSA) is 67.2 Å². The fourth-order valence-corrected chi connectivity index (χ4v) is 2.50. The van der Waals surface area contributed by atoms with E-state index in [9.17, 15) is 9.90 Å². The Bertz CT molecular complexity index is 680. The molecule has 0 atom stereocenters. The lowest BCUT2D eigenvalue weighted by Gasteiger charge is -2.11. The summed E-state index contributed by atoms with van der Waals surface area (Å²) >= 11 is 6.12. The van der Waals surface area contributed by atoms with Crippen molar-refractivity contribution in [2.24, 2.45) is 5.41 Å². The Labute approximate surface area is 133 Å². The highest BCUT2D eigenvalue weighted by atomic mass is 35.5. The maximum atomic E-state index is 12.1. The molecule has 0 radical (unpaired) electrons. The zero-order valence-corrected chi connectivity index (χ0v) is 12.9. The summed E-state index contributed by atoms with van der Waals surface area (Å²) in [6.45, 7) is 1.16. The predicted octanol–water partition coefficient (Wildman–Crippen LogP) is 2.09. The molecule has 3 rings (SSSR count). The average molecular weight is 320 g/mol. The van der Waals surface area contributed by atoms with Gasteiger partial charge in [-0.1, -0.05) is 29.8 Å². The van der Waals surface area contributed by atoms with Crippen molar-refractivity contribution >= 4 is 17.5 Å². The molecule has 0 unspecified atom stereocenters. The van der Waals surface area contributed by atoms with Crippen molar-refractivity contribution in [1.29, 1.82) is 0 Å². The van der Waals surface area contributed by atoms with Crippen LogP contribution < -0.4 is 5.32 Å². The number of nitrogens with zero attached hydrogens (tertiary/aromatic N) is 2. The number of halogens is 1. The van der Waals surface area contributed by atoms with E-state index in [1.807, 2.05) is 24.3 Å². The number of carbonyl (C=O) groups is 1. The van der Waals surface area contributed by atoms with Crippen LogP contribution in [0.3, 0.4) is 0 Å². The van der Waals surface area contributed by atoms with Crippen molar-refractivity contribution in [1.82, 2.24) is 15.1 Å². The van der Waals surface area contributed by atoms with E-state index in [-0.39, 0.29) is 17.9 Å². The molecule has 1 saturated carbocycles. The third kappa shape index (κ3) is 3.31. The SMILES string of the molecule is O=C(NCC1(CO)CC1)c1cnn(Cc2ccccc2Cl)c1. The molecule has 1 amide bonds. The minimum Gasteiger partial charge on any atom is -0.396 e. The van der Waals surface area contributed by atoms with E-state index >= 15 is 0 Å². The number of aliphatic hydroxyl groups is 1. The smallest absolute Gasteiger partial charge is 0.254 e. The monoisotopic (exact) mass is 319 g/mol. The van der Waals surface area contributed by atoms with Gasteiger partial charge in [-0.15, -0.1) is 0 Å². The van der Waals surface area contributed by atoms with Crippen LogP contribution in [0.4, 0.5) is 0 Å². The Balaban J connectivity index is 1.61. The predicted molar refractivity (Wildman–Crippen MR) is 83.9 cm³/mol. The number of carbonyl (C=O) groups excluding carboxylic acids is 1. The van der Waals surface area contributed by atoms with Crippen LogP contribution in [0.25, 0.3) is 0 Å². The summed E-state index contributed by atoms with van der Waals surface area (Å²) in [5.74, 6) is -0.162. The first-order chi connectivity index (χ1) is 10.6. The van der Waals surface area contributed by atoms with Crippen molar-refractivity contribution in [2.45, 2.75) is 19.4 Å². The molecule has 116 valence electrons. The summed E-state index contributed by atoms with van der Waals surface area (Å²) in [5, 5.41) is 17.0. The molecule has 1 aliphatic carbocycles. The first kappa shape index (κ1) is 15.1. The van der Waals surface area contributed by atoms with Gasteiger partial charge in [-0.3, -0.25) is 9.48 Å². The van der Waals surface area contributed by atoms with Crippen LogP contribution in [-0.4, -0.2) is 33.9 Å². The number of aromatic nitrogens is 2. The van der Waals surface area contributed by atoms with E-state index < -0.39 is 0 Å². The normalized spacial score (nSPS) is 15.5. The Kier molecular flexibility index (Phi) is 4.18. The third-order valence-corrected chi connectivity index (χ3v) is 4.47. The van der Waals surface area contributed by atoms with Gasteiger partial charge in [0.05, 0.1) is 24.9 Å². The van der Waals surface area contributed by atoms with Crippen molar-refractivity contribution < 1.29 is 9.90 Å². The van der Waals surface area contributed by atoms with Crippen LogP contribution in [0.15, 0.2) is 36.7 Å². The molecular formula is C16H18ClN3O2. The number of amides is 1. The Morgan fingerprint density at radius 3 is 2.86 bits per heavy atom. The van der Waals surface area contributed by atoms with Gasteiger partial charge in [0.25, 0.3) is 5.91 Å². The molecule has 0 spiro atoms. The molecule has 1 heterocycles. The van der Waals surface area contributed by atoms with E-state index in [0.29, 0.717) is 23.7 Å². The molecule has 2 aromatic rings. The van der Waals surface area contributed by atoms with Crippen LogP contribution in [0.5, 0.6) is 0 Å². The summed E-state index contributed by atoms with van der Waals surface area (Å²) in [7, 11) is 0. The summed E-state index contributed by atoms with van der Waals surface area (Å²) in [4.78, 5) is 12.1.